The minimum Gasteiger partial charge on any atom is -0.464 e. The van der Waals surface area contributed by atoms with Gasteiger partial charge in [-0.3, -0.25) is 4.57 Å². The SMILES string of the molecule is Brc1cc2ccoc2cc1-c1ccc2c3ccccc3n(-c3ccccn3)c2c1. The summed E-state index contributed by atoms with van der Waals surface area (Å²) in [5, 5.41) is 3.52. The summed E-state index contributed by atoms with van der Waals surface area (Å²) in [4.78, 5) is 4.61. The van der Waals surface area contributed by atoms with Crippen LogP contribution in [-0.4, -0.2) is 9.55 Å². The van der Waals surface area contributed by atoms with Crippen LogP contribution in [0.1, 0.15) is 0 Å². The molecule has 6 aromatic rings. The summed E-state index contributed by atoms with van der Waals surface area (Å²) in [6.45, 7) is 0. The Morgan fingerprint density at radius 1 is 0.793 bits per heavy atom. The smallest absolute Gasteiger partial charge is 0.137 e. The Labute approximate surface area is 175 Å². The number of nitrogens with zero attached hydrogens (tertiary/aromatic N) is 2. The van der Waals surface area contributed by atoms with Crippen LogP contribution < -0.4 is 0 Å². The lowest BCUT2D eigenvalue weighted by Gasteiger charge is -2.09. The van der Waals surface area contributed by atoms with Gasteiger partial charge in [0.05, 0.1) is 17.3 Å². The third-order valence-electron chi connectivity index (χ3n) is 5.41. The summed E-state index contributed by atoms with van der Waals surface area (Å²) >= 11 is 3.74. The Morgan fingerprint density at radius 3 is 2.55 bits per heavy atom. The monoisotopic (exact) mass is 438 g/mol. The van der Waals surface area contributed by atoms with Crippen molar-refractivity contribution in [2.24, 2.45) is 0 Å². The van der Waals surface area contributed by atoms with Crippen molar-refractivity contribution in [3.8, 4) is 16.9 Å². The topological polar surface area (TPSA) is 31.0 Å². The molecule has 0 spiro atoms. The molecule has 0 saturated carbocycles. The van der Waals surface area contributed by atoms with E-state index in [0.717, 1.165) is 43.4 Å². The van der Waals surface area contributed by atoms with Gasteiger partial charge in [0, 0.05) is 26.8 Å². The molecule has 0 N–H and O–H groups in total. The van der Waals surface area contributed by atoms with E-state index in [0.29, 0.717) is 0 Å². The van der Waals surface area contributed by atoms with E-state index in [9.17, 15) is 0 Å². The Hall–Kier alpha value is -3.37. The van der Waals surface area contributed by atoms with Crippen molar-refractivity contribution in [1.29, 1.82) is 0 Å². The van der Waals surface area contributed by atoms with Crippen LogP contribution in [0.5, 0.6) is 0 Å². The minimum atomic E-state index is 0.883. The molecule has 0 aliphatic rings. The molecule has 0 fully saturated rings. The maximum atomic E-state index is 5.63. The first-order valence-electron chi connectivity index (χ1n) is 9.41. The van der Waals surface area contributed by atoms with E-state index in [1.54, 1.807) is 6.26 Å². The van der Waals surface area contributed by atoms with Gasteiger partial charge in [0.1, 0.15) is 11.4 Å². The van der Waals surface area contributed by atoms with Gasteiger partial charge in [-0.25, -0.2) is 4.98 Å². The molecule has 3 nitrogen and oxygen atoms in total. The van der Waals surface area contributed by atoms with E-state index < -0.39 is 0 Å². The zero-order chi connectivity index (χ0) is 19.4. The lowest BCUT2D eigenvalue weighted by atomic mass is 10.0. The van der Waals surface area contributed by atoms with E-state index in [4.69, 9.17) is 4.42 Å². The number of furan rings is 1. The van der Waals surface area contributed by atoms with Crippen molar-refractivity contribution in [2.75, 3.05) is 0 Å². The predicted molar refractivity (Wildman–Crippen MR) is 121 cm³/mol. The molecule has 138 valence electrons. The molecular formula is C25H15BrN2O. The molecule has 0 aliphatic carbocycles. The molecule has 3 aromatic carbocycles. The van der Waals surface area contributed by atoms with Gasteiger partial charge in [-0.2, -0.15) is 0 Å². The molecule has 3 aromatic heterocycles. The van der Waals surface area contributed by atoms with Crippen molar-refractivity contribution in [3.05, 3.63) is 95.8 Å². The molecule has 4 heteroatoms. The van der Waals surface area contributed by atoms with Crippen LogP contribution in [0.3, 0.4) is 0 Å². The number of pyridine rings is 1. The maximum absolute atomic E-state index is 5.63. The fourth-order valence-electron chi connectivity index (χ4n) is 4.07. The zero-order valence-electron chi connectivity index (χ0n) is 15.3. The minimum absolute atomic E-state index is 0.883. The van der Waals surface area contributed by atoms with Crippen LogP contribution in [0.15, 0.2) is 100 Å². The molecule has 29 heavy (non-hydrogen) atoms. The third kappa shape index (κ3) is 2.53. The van der Waals surface area contributed by atoms with Crippen molar-refractivity contribution in [2.45, 2.75) is 0 Å². The number of hydrogen-bond acceptors (Lipinski definition) is 2. The lowest BCUT2D eigenvalue weighted by molar-refractivity contribution is 0.616. The van der Waals surface area contributed by atoms with Crippen LogP contribution in [0.2, 0.25) is 0 Å². The molecule has 0 atom stereocenters. The second-order valence-corrected chi connectivity index (χ2v) is 7.92. The molecule has 0 saturated heterocycles. The maximum Gasteiger partial charge on any atom is 0.137 e. The number of halogens is 1. The van der Waals surface area contributed by atoms with E-state index in [-0.39, 0.29) is 0 Å². The van der Waals surface area contributed by atoms with Gasteiger partial charge in [-0.05, 0) is 53.6 Å². The first-order valence-corrected chi connectivity index (χ1v) is 10.2. The van der Waals surface area contributed by atoms with Gasteiger partial charge < -0.3 is 4.42 Å². The third-order valence-corrected chi connectivity index (χ3v) is 6.06. The van der Waals surface area contributed by atoms with Gasteiger partial charge in [0.25, 0.3) is 0 Å². The molecule has 0 bridgehead atoms. The molecule has 0 amide bonds. The van der Waals surface area contributed by atoms with Gasteiger partial charge in [-0.1, -0.05) is 52.3 Å². The highest BCUT2D eigenvalue weighted by molar-refractivity contribution is 9.10. The van der Waals surface area contributed by atoms with E-state index in [1.807, 2.05) is 30.5 Å². The van der Waals surface area contributed by atoms with Crippen molar-refractivity contribution < 1.29 is 4.42 Å². The van der Waals surface area contributed by atoms with Crippen molar-refractivity contribution >= 4 is 48.7 Å². The fraction of sp³-hybridized carbons (Fsp3) is 0. The van der Waals surface area contributed by atoms with Gasteiger partial charge >= 0.3 is 0 Å². The number of para-hydroxylation sites is 1. The molecule has 0 radical (unpaired) electrons. The summed E-state index contributed by atoms with van der Waals surface area (Å²) in [7, 11) is 0. The summed E-state index contributed by atoms with van der Waals surface area (Å²) < 4.78 is 8.90. The van der Waals surface area contributed by atoms with E-state index in [1.165, 1.54) is 10.8 Å². The van der Waals surface area contributed by atoms with Crippen LogP contribution in [-0.2, 0) is 0 Å². The predicted octanol–water partition coefficient (Wildman–Crippen LogP) is 7.35. The second kappa shape index (κ2) is 6.33. The molecule has 6 rings (SSSR count). The molecular weight excluding hydrogens is 424 g/mol. The molecule has 0 unspecified atom stereocenters. The molecule has 0 aliphatic heterocycles. The number of fused-ring (bicyclic) bond motifs is 4. The average Bonchev–Trinajstić information content (AvgIpc) is 3.35. The van der Waals surface area contributed by atoms with Gasteiger partial charge in [-0.15, -0.1) is 0 Å². The van der Waals surface area contributed by atoms with Crippen LogP contribution in [0.4, 0.5) is 0 Å². The highest BCUT2D eigenvalue weighted by Gasteiger charge is 2.15. The second-order valence-electron chi connectivity index (χ2n) is 7.06. The summed E-state index contributed by atoms with van der Waals surface area (Å²) in [6.07, 6.45) is 3.56. The number of rotatable bonds is 2. The lowest BCUT2D eigenvalue weighted by Crippen LogP contribution is -1.96. The van der Waals surface area contributed by atoms with E-state index in [2.05, 4.69) is 80.1 Å². The van der Waals surface area contributed by atoms with Crippen molar-refractivity contribution in [1.82, 2.24) is 9.55 Å². The zero-order valence-corrected chi connectivity index (χ0v) is 16.9. The normalized spacial score (nSPS) is 11.6. The first kappa shape index (κ1) is 16.6. The van der Waals surface area contributed by atoms with E-state index >= 15 is 0 Å². The van der Waals surface area contributed by atoms with Crippen LogP contribution in [0.25, 0.3) is 49.7 Å². The molecule has 3 heterocycles. The highest BCUT2D eigenvalue weighted by atomic mass is 79.9. The van der Waals surface area contributed by atoms with Crippen LogP contribution in [0, 0.1) is 0 Å². The first-order chi connectivity index (χ1) is 14.3. The highest BCUT2D eigenvalue weighted by Crippen LogP contribution is 2.37. The van der Waals surface area contributed by atoms with Gasteiger partial charge in [0.15, 0.2) is 0 Å². The van der Waals surface area contributed by atoms with Crippen molar-refractivity contribution in [3.63, 3.8) is 0 Å². The number of benzene rings is 3. The summed E-state index contributed by atoms with van der Waals surface area (Å²) in [5.74, 6) is 0.913. The summed E-state index contributed by atoms with van der Waals surface area (Å²) in [6, 6.07) is 27.3. The quantitative estimate of drug-likeness (QED) is 0.282. The Kier molecular flexibility index (Phi) is 3.61. The van der Waals surface area contributed by atoms with Crippen LogP contribution >= 0.6 is 15.9 Å². The number of aromatic nitrogens is 2. The average molecular weight is 439 g/mol. The van der Waals surface area contributed by atoms with Gasteiger partial charge in [0.2, 0.25) is 0 Å². The standard InChI is InChI=1S/C25H15BrN2O/c26-21-13-17-10-12-29-24(17)15-20(21)16-8-9-19-18-5-1-2-6-22(18)28(23(19)14-16)25-7-3-4-11-27-25/h1-15H. The Morgan fingerprint density at radius 2 is 1.66 bits per heavy atom. The largest absolute Gasteiger partial charge is 0.464 e. The summed E-state index contributed by atoms with van der Waals surface area (Å²) in [5.41, 5.74) is 5.40. The number of hydrogen-bond donors (Lipinski definition) is 0. The fourth-order valence-corrected chi connectivity index (χ4v) is 4.66. The Balaban J connectivity index is 1.68. The Bertz CT molecular complexity index is 1510.